The Hall–Kier alpha value is -3.21. The molecule has 10 nitrogen and oxygen atoms in total. The molecule has 1 fully saturated rings. The van der Waals surface area contributed by atoms with Crippen LogP contribution in [0.3, 0.4) is 0 Å². The van der Waals surface area contributed by atoms with Gasteiger partial charge in [-0.25, -0.2) is 0 Å². The summed E-state index contributed by atoms with van der Waals surface area (Å²) < 4.78 is 42.5. The van der Waals surface area contributed by atoms with Crippen molar-refractivity contribution in [3.8, 4) is 0 Å². The van der Waals surface area contributed by atoms with Crippen LogP contribution in [0.2, 0.25) is 0 Å². The predicted octanol–water partition coefficient (Wildman–Crippen LogP) is 3.65. The van der Waals surface area contributed by atoms with E-state index in [2.05, 4.69) is 20.9 Å². The van der Waals surface area contributed by atoms with Crippen molar-refractivity contribution in [3.05, 3.63) is 65.4 Å². The maximum absolute atomic E-state index is 13.8. The van der Waals surface area contributed by atoms with Gasteiger partial charge < -0.3 is 20.1 Å². The fraction of sp³-hybridized carbons (Fsp3) is 0.500. The normalized spacial score (nSPS) is 18.3. The van der Waals surface area contributed by atoms with Crippen LogP contribution in [0.1, 0.15) is 65.0 Å². The third kappa shape index (κ3) is 10.7. The summed E-state index contributed by atoms with van der Waals surface area (Å²) in [5.74, 6) is -1.60. The van der Waals surface area contributed by atoms with Crippen LogP contribution < -0.4 is 10.6 Å². The average Bonchev–Trinajstić information content (AvgIpc) is 3.55. The Balaban J connectivity index is 1.42. The first-order valence-electron chi connectivity index (χ1n) is 14.4. The molecule has 1 aliphatic rings. The molecular formula is C30H41BF2N6NiO4-. The summed E-state index contributed by atoms with van der Waals surface area (Å²) in [4.78, 5) is 24.8. The molecule has 0 aliphatic carbocycles. The topological polar surface area (TPSA) is 112 Å². The van der Waals surface area contributed by atoms with E-state index in [1.807, 2.05) is 33.8 Å². The summed E-state index contributed by atoms with van der Waals surface area (Å²) in [6.45, 7) is 12.1. The van der Waals surface area contributed by atoms with Crippen molar-refractivity contribution < 1.29 is 42.7 Å². The third-order valence-corrected chi connectivity index (χ3v) is 6.99. The van der Waals surface area contributed by atoms with Crippen molar-refractivity contribution in [2.45, 2.75) is 79.2 Å². The van der Waals surface area contributed by atoms with Crippen molar-refractivity contribution in [3.63, 3.8) is 0 Å². The van der Waals surface area contributed by atoms with Crippen molar-refractivity contribution in [2.75, 3.05) is 13.2 Å². The second-order valence-electron chi connectivity index (χ2n) is 11.8. The number of amides is 2. The molecule has 1 aliphatic heterocycles. The number of allylic oxidation sites excluding steroid dienone is 3. The molecule has 2 aromatic rings. The Morgan fingerprint density at radius 1 is 1.18 bits per heavy atom. The van der Waals surface area contributed by atoms with E-state index in [9.17, 15) is 18.2 Å². The van der Waals surface area contributed by atoms with Gasteiger partial charge in [-0.05, 0) is 13.8 Å². The Bertz CT molecular complexity index is 1420. The van der Waals surface area contributed by atoms with Gasteiger partial charge in [-0.15, -0.1) is 5.10 Å². The van der Waals surface area contributed by atoms with Gasteiger partial charge in [0.25, 0.3) is 5.91 Å². The molecule has 0 saturated carbocycles. The zero-order valence-electron chi connectivity index (χ0n) is 26.0. The van der Waals surface area contributed by atoms with Gasteiger partial charge in [0, 0.05) is 36.9 Å². The van der Waals surface area contributed by atoms with Crippen LogP contribution in [0, 0.1) is 5.41 Å². The van der Waals surface area contributed by atoms with Crippen molar-refractivity contribution >= 4 is 29.8 Å². The van der Waals surface area contributed by atoms with Crippen molar-refractivity contribution in [1.82, 2.24) is 30.1 Å². The molecule has 0 spiro atoms. The molecule has 14 heteroatoms. The average molecular weight is 657 g/mol. The Kier molecular flexibility index (Phi) is 12.6. The van der Waals surface area contributed by atoms with Crippen LogP contribution in [0.5, 0.6) is 0 Å². The molecule has 2 aromatic heterocycles. The summed E-state index contributed by atoms with van der Waals surface area (Å²) in [6.07, 6.45) is 10.3. The van der Waals surface area contributed by atoms with Crippen LogP contribution >= 0.6 is 0 Å². The first-order chi connectivity index (χ1) is 20.7. The summed E-state index contributed by atoms with van der Waals surface area (Å²) in [7, 11) is -2.65. The molecule has 2 amide bonds. The number of aromatic nitrogens is 4. The van der Waals surface area contributed by atoms with E-state index in [1.165, 1.54) is 12.3 Å². The van der Waals surface area contributed by atoms with Gasteiger partial charge in [0.1, 0.15) is 6.10 Å². The Labute approximate surface area is 265 Å². The summed E-state index contributed by atoms with van der Waals surface area (Å²) in [5.41, 5.74) is 2.02. The van der Waals surface area contributed by atoms with E-state index in [4.69, 9.17) is 24.5 Å². The van der Waals surface area contributed by atoms with Crippen LogP contribution in [-0.2, 0) is 53.5 Å². The fourth-order valence-electron chi connectivity index (χ4n) is 4.60. The molecule has 3 heterocycles. The van der Waals surface area contributed by atoms with Crippen molar-refractivity contribution in [1.29, 1.82) is 0 Å². The third-order valence-electron chi connectivity index (χ3n) is 6.85. The molecular weight excluding hydrogens is 616 g/mol. The molecule has 2 N–H and O–H groups in total. The molecule has 243 valence electrons. The van der Waals surface area contributed by atoms with Crippen molar-refractivity contribution in [2.24, 2.45) is 5.41 Å². The van der Waals surface area contributed by atoms with Gasteiger partial charge in [0.15, 0.2) is 5.79 Å². The zero-order chi connectivity index (χ0) is 32.5. The molecule has 1 saturated heterocycles. The van der Waals surface area contributed by atoms with Gasteiger partial charge in [-0.3, -0.25) is 9.59 Å². The summed E-state index contributed by atoms with van der Waals surface area (Å²) in [5, 5.41) is 13.6. The fourth-order valence-corrected chi connectivity index (χ4v) is 4.83. The maximum atomic E-state index is 13.8. The number of nitrogens with one attached hydrogen (secondary N) is 2. The standard InChI is InChI=1S/C30H41BF2N6O4.Ni/c1-7-9-22(2)11-12-25-14-13-24(39(25)31(32)33)10-8-19-38-20-23(36-37-38)15-17-34-26(40)16-18-35-28(41)27-29(3,4)21-42-30(5,6)43-27;/h9,11-14,16,18,20,27H,8,10,15,17,19,21H2,1-6H3,(H,34,40)(H,35,41);/q-1;/b12-11?,18-16+,22-9-;/t27-;/m1./s1. The number of carbonyl (C=O) groups excluding carboxylic acids is 2. The number of halogens is 2. The molecule has 1 radical (unpaired) electrons. The number of nitrogens with zero attached hydrogens (tertiary/aromatic N) is 4. The zero-order valence-corrected chi connectivity index (χ0v) is 27.0. The molecule has 0 bridgehead atoms. The van der Waals surface area contributed by atoms with Gasteiger partial charge >= 0.3 is 125 Å². The van der Waals surface area contributed by atoms with E-state index >= 15 is 0 Å². The van der Waals surface area contributed by atoms with E-state index in [0.717, 1.165) is 14.5 Å². The van der Waals surface area contributed by atoms with E-state index in [1.54, 1.807) is 49.0 Å². The summed E-state index contributed by atoms with van der Waals surface area (Å²) in [6, 6.07) is 3.40. The Morgan fingerprint density at radius 3 is 2.64 bits per heavy atom. The SMILES string of the molecule is C[C](=[Ni])/C=C(/C)C=Cc1ccc(CCCn2cc(CCNC(=O)/C=C/NC(=O)[C@H]3OC(C)(C)OCC3(C)C)nn2)n1[B-](F)F. The number of aryl methyl sites for hydroxylation is 2. The van der Waals surface area contributed by atoms with Gasteiger partial charge in [0.05, 0.1) is 12.3 Å². The van der Waals surface area contributed by atoms with Gasteiger partial charge in [0.2, 0.25) is 5.91 Å². The van der Waals surface area contributed by atoms with Gasteiger partial charge in [-0.2, -0.15) is 0 Å². The predicted molar refractivity (Wildman–Crippen MR) is 162 cm³/mol. The number of hydrogen-bond donors (Lipinski definition) is 2. The minimum atomic E-state index is -2.65. The van der Waals surface area contributed by atoms with E-state index in [0.29, 0.717) is 56.0 Å². The minimum absolute atomic E-state index is 0.317. The number of rotatable bonds is 14. The van der Waals surface area contributed by atoms with Crippen LogP contribution in [0.15, 0.2) is 48.3 Å². The second-order valence-corrected chi connectivity index (χ2v) is 12.6. The number of carbonyl (C=O) groups is 2. The molecule has 0 unspecified atom stereocenters. The number of hydrogen-bond acceptors (Lipinski definition) is 6. The van der Waals surface area contributed by atoms with Crippen LogP contribution in [0.25, 0.3) is 6.08 Å². The first-order valence-corrected chi connectivity index (χ1v) is 14.9. The Morgan fingerprint density at radius 2 is 1.93 bits per heavy atom. The number of ether oxygens (including phenoxy) is 2. The summed E-state index contributed by atoms with van der Waals surface area (Å²) >= 11 is 4.75. The van der Waals surface area contributed by atoms with Gasteiger partial charge in [-0.1, -0.05) is 19.1 Å². The van der Waals surface area contributed by atoms with Crippen LogP contribution in [-0.4, -0.2) is 68.2 Å². The monoisotopic (exact) mass is 656 g/mol. The quantitative estimate of drug-likeness (QED) is 0.183. The first kappa shape index (κ1) is 35.3. The van der Waals surface area contributed by atoms with E-state index in [-0.39, 0.29) is 11.8 Å². The van der Waals surface area contributed by atoms with Crippen LogP contribution in [0.4, 0.5) is 8.63 Å². The molecule has 44 heavy (non-hydrogen) atoms. The molecule has 3 rings (SSSR count). The van der Waals surface area contributed by atoms with E-state index < -0.39 is 24.7 Å². The molecule has 1 atom stereocenters. The second kappa shape index (κ2) is 15.7. The molecule has 0 aromatic carbocycles.